The molecule has 0 unspecified atom stereocenters. The van der Waals surface area contributed by atoms with E-state index in [9.17, 15) is 18.4 Å². The molecule has 2 aromatic carbocycles. The third kappa shape index (κ3) is 21.8. The number of hydrogen-bond acceptors (Lipinski definition) is 2. The summed E-state index contributed by atoms with van der Waals surface area (Å²) in [5.41, 5.74) is -0.0556. The Balaban J connectivity index is -0.000000353. The van der Waals surface area contributed by atoms with E-state index >= 15 is 0 Å². The first-order chi connectivity index (χ1) is 14.2. The molecule has 0 saturated heterocycles. The second-order valence-electron chi connectivity index (χ2n) is 5.55. The summed E-state index contributed by atoms with van der Waals surface area (Å²) >= 11 is 0.436. The molecule has 9 heteroatoms. The molecule has 0 heterocycles. The number of carboxylic acid groups (broad SMARTS) is 2. The molecule has 2 aromatic rings. The van der Waals surface area contributed by atoms with Crippen molar-refractivity contribution in [2.24, 2.45) is 0 Å². The number of rotatable bonds is 6. The van der Waals surface area contributed by atoms with Gasteiger partial charge in [-0.2, -0.15) is 0 Å². The SMILES string of the molecule is C[CH2][Sn][CH2]C.C[CH2][Sn][CH2]C.O.O=C(O)c1cccc(F)c1.O=C(O)c1cccc(F)c1. The van der Waals surface area contributed by atoms with Crippen molar-refractivity contribution in [3.63, 3.8) is 0 Å². The van der Waals surface area contributed by atoms with Crippen molar-refractivity contribution in [1.29, 1.82) is 0 Å². The largest absolute Gasteiger partial charge is 0.478 e. The van der Waals surface area contributed by atoms with Crippen molar-refractivity contribution in [1.82, 2.24) is 0 Å². The molecular weight excluding hydrogens is 620 g/mol. The maximum absolute atomic E-state index is 12.3. The van der Waals surface area contributed by atoms with E-state index in [1.54, 1.807) is 0 Å². The van der Waals surface area contributed by atoms with Crippen LogP contribution in [-0.2, 0) is 0 Å². The Hall–Kier alpha value is -1.20. The molecule has 0 amide bonds. The van der Waals surface area contributed by atoms with Gasteiger partial charge in [-0.1, -0.05) is 12.1 Å². The molecular formula is C22H32F2O5Sn2. The molecule has 0 atom stereocenters. The molecule has 0 spiro atoms. The van der Waals surface area contributed by atoms with Gasteiger partial charge >= 0.3 is 99.7 Å². The molecule has 0 aliphatic rings. The van der Waals surface area contributed by atoms with E-state index in [-0.39, 0.29) is 58.9 Å². The monoisotopic (exact) mass is 654 g/mol. The zero-order valence-corrected chi connectivity index (χ0v) is 24.1. The maximum atomic E-state index is 12.3. The Morgan fingerprint density at radius 3 is 1.13 bits per heavy atom. The third-order valence-corrected chi connectivity index (χ3v) is 8.85. The standard InChI is InChI=1S/2C7H5FO2.4C2H5.H2O.2Sn/c2*8-6-3-1-2-5(4-6)7(9)10;4*1-2;;;/h2*1-4H,(H,9,10);4*1H2,2H3;1H2;;. The average molecular weight is 652 g/mol. The van der Waals surface area contributed by atoms with E-state index in [0.717, 1.165) is 12.1 Å². The van der Waals surface area contributed by atoms with Crippen LogP contribution < -0.4 is 0 Å². The molecule has 0 fully saturated rings. The first-order valence-electron chi connectivity index (χ1n) is 9.62. The smallest absolute Gasteiger partial charge is 0.335 e. The average Bonchev–Trinajstić information content (AvgIpc) is 2.71. The van der Waals surface area contributed by atoms with Gasteiger partial charge in [0.25, 0.3) is 0 Å². The number of hydrogen-bond donors (Lipinski definition) is 2. The van der Waals surface area contributed by atoms with Gasteiger partial charge in [0.1, 0.15) is 11.6 Å². The van der Waals surface area contributed by atoms with Gasteiger partial charge in [0.15, 0.2) is 0 Å². The maximum Gasteiger partial charge on any atom is 0.335 e. The molecule has 5 nitrogen and oxygen atoms in total. The molecule has 4 radical (unpaired) electrons. The Bertz CT molecular complexity index is 665. The van der Waals surface area contributed by atoms with Crippen LogP contribution in [0.3, 0.4) is 0 Å². The van der Waals surface area contributed by atoms with Crippen molar-refractivity contribution in [3.05, 3.63) is 71.3 Å². The van der Waals surface area contributed by atoms with Gasteiger partial charge in [0.05, 0.1) is 11.1 Å². The third-order valence-electron chi connectivity index (χ3n) is 3.14. The summed E-state index contributed by atoms with van der Waals surface area (Å²) in [7, 11) is 0. The van der Waals surface area contributed by atoms with Crippen LogP contribution in [0, 0.1) is 11.6 Å². The van der Waals surface area contributed by atoms with Crippen molar-refractivity contribution in [2.75, 3.05) is 0 Å². The van der Waals surface area contributed by atoms with Crippen LogP contribution in [0.25, 0.3) is 0 Å². The number of carbonyl (C=O) groups is 2. The quantitative estimate of drug-likeness (QED) is 0.411. The summed E-state index contributed by atoms with van der Waals surface area (Å²) in [6.45, 7) is 9.15. The van der Waals surface area contributed by atoms with Gasteiger partial charge in [0, 0.05) is 0 Å². The zero-order chi connectivity index (χ0) is 23.4. The minimum absolute atomic E-state index is 0. The van der Waals surface area contributed by atoms with E-state index in [1.807, 2.05) is 0 Å². The number of halogens is 2. The summed E-state index contributed by atoms with van der Waals surface area (Å²) in [5, 5.41) is 16.7. The van der Waals surface area contributed by atoms with Gasteiger partial charge in [-0.3, -0.25) is 0 Å². The molecule has 0 aliphatic carbocycles. The molecule has 4 N–H and O–H groups in total. The number of carboxylic acids is 2. The first kappa shape index (κ1) is 34.4. The van der Waals surface area contributed by atoms with Crippen LogP contribution in [0.1, 0.15) is 48.4 Å². The minimum atomic E-state index is -1.11. The summed E-state index contributed by atoms with van der Waals surface area (Å²) in [6, 6.07) is 9.75. The second kappa shape index (κ2) is 23.5. The molecule has 0 bridgehead atoms. The normalized spacial score (nSPS) is 8.71. The topological polar surface area (TPSA) is 106 Å². The molecule has 2 rings (SSSR count). The van der Waals surface area contributed by atoms with Gasteiger partial charge < -0.3 is 15.7 Å². The number of benzene rings is 2. The Kier molecular flexibility index (Phi) is 26.0. The van der Waals surface area contributed by atoms with E-state index < -0.39 is 23.6 Å². The van der Waals surface area contributed by atoms with Crippen LogP contribution in [0.15, 0.2) is 48.5 Å². The van der Waals surface area contributed by atoms with Crippen LogP contribution in [0.4, 0.5) is 8.78 Å². The molecule has 0 saturated carbocycles. The minimum Gasteiger partial charge on any atom is -0.478 e. The zero-order valence-electron chi connectivity index (χ0n) is 18.4. The van der Waals surface area contributed by atoms with Crippen molar-refractivity contribution in [3.8, 4) is 0 Å². The van der Waals surface area contributed by atoms with E-state index in [1.165, 1.54) is 54.1 Å². The van der Waals surface area contributed by atoms with Crippen molar-refractivity contribution < 1.29 is 34.1 Å². The van der Waals surface area contributed by atoms with Crippen LogP contribution in [0.5, 0.6) is 0 Å². The van der Waals surface area contributed by atoms with Crippen LogP contribution in [0.2, 0.25) is 17.7 Å². The van der Waals surface area contributed by atoms with E-state index in [2.05, 4.69) is 27.7 Å². The first-order valence-corrected chi connectivity index (χ1v) is 17.7. The van der Waals surface area contributed by atoms with Gasteiger partial charge in [0.2, 0.25) is 0 Å². The summed E-state index contributed by atoms with van der Waals surface area (Å²) in [6.07, 6.45) is 0. The fourth-order valence-electron chi connectivity index (χ4n) is 1.74. The molecule has 0 aliphatic heterocycles. The molecule has 0 aromatic heterocycles. The summed E-state index contributed by atoms with van der Waals surface area (Å²) in [4.78, 5) is 20.4. The molecule has 172 valence electrons. The van der Waals surface area contributed by atoms with Crippen LogP contribution >= 0.6 is 0 Å². The van der Waals surface area contributed by atoms with Crippen LogP contribution in [-0.4, -0.2) is 69.9 Å². The number of aromatic carboxylic acids is 2. The fourth-order valence-corrected chi connectivity index (χ4v) is 4.60. The molecule has 31 heavy (non-hydrogen) atoms. The van der Waals surface area contributed by atoms with E-state index in [4.69, 9.17) is 10.2 Å². The van der Waals surface area contributed by atoms with Gasteiger partial charge in [-0.25, -0.2) is 18.4 Å². The Morgan fingerprint density at radius 1 is 0.710 bits per heavy atom. The predicted octanol–water partition coefficient (Wildman–Crippen LogP) is 5.36. The fraction of sp³-hybridized carbons (Fsp3) is 0.364. The summed E-state index contributed by atoms with van der Waals surface area (Å²) < 4.78 is 30.6. The predicted molar refractivity (Wildman–Crippen MR) is 124 cm³/mol. The second-order valence-corrected chi connectivity index (χ2v) is 16.5. The van der Waals surface area contributed by atoms with Crippen molar-refractivity contribution in [2.45, 2.75) is 45.4 Å². The Morgan fingerprint density at radius 2 is 1.00 bits per heavy atom. The van der Waals surface area contributed by atoms with Crippen molar-refractivity contribution >= 4 is 54.2 Å². The van der Waals surface area contributed by atoms with Gasteiger partial charge in [-0.15, -0.1) is 0 Å². The van der Waals surface area contributed by atoms with E-state index in [0.29, 0.717) is 0 Å². The Labute approximate surface area is 204 Å². The summed E-state index contributed by atoms with van der Waals surface area (Å²) in [5.74, 6) is -3.28. The van der Waals surface area contributed by atoms with Gasteiger partial charge in [-0.05, 0) is 36.4 Å².